The molecule has 0 unspecified atom stereocenters. The number of hydrogen-bond acceptors (Lipinski definition) is 4. The van der Waals surface area contributed by atoms with Crippen molar-refractivity contribution in [3.63, 3.8) is 0 Å². The van der Waals surface area contributed by atoms with Gasteiger partial charge in [-0.05, 0) is 49.7 Å². The van der Waals surface area contributed by atoms with E-state index in [-0.39, 0.29) is 6.03 Å². The summed E-state index contributed by atoms with van der Waals surface area (Å²) in [6, 6.07) is 12.9. The van der Waals surface area contributed by atoms with Gasteiger partial charge in [0.15, 0.2) is 0 Å². The van der Waals surface area contributed by atoms with Crippen LogP contribution >= 0.6 is 23.2 Å². The van der Waals surface area contributed by atoms with Crippen molar-refractivity contribution in [2.45, 2.75) is 20.4 Å². The van der Waals surface area contributed by atoms with Gasteiger partial charge in [-0.1, -0.05) is 35.3 Å². The summed E-state index contributed by atoms with van der Waals surface area (Å²) in [5.74, 6) is 1.37. The van der Waals surface area contributed by atoms with E-state index < -0.39 is 0 Å². The Morgan fingerprint density at radius 1 is 1.10 bits per heavy atom. The molecule has 0 atom stereocenters. The highest BCUT2D eigenvalue weighted by Crippen LogP contribution is 2.26. The van der Waals surface area contributed by atoms with Crippen molar-refractivity contribution in [2.24, 2.45) is 0 Å². The summed E-state index contributed by atoms with van der Waals surface area (Å²) in [6.45, 7) is 7.34. The Hall–Kier alpha value is -2.54. The molecule has 1 aliphatic heterocycles. The van der Waals surface area contributed by atoms with Crippen LogP contribution in [-0.2, 0) is 6.54 Å². The van der Waals surface area contributed by atoms with Crippen molar-refractivity contribution in [1.82, 2.24) is 14.8 Å². The first-order valence-electron chi connectivity index (χ1n) is 10.2. The van der Waals surface area contributed by atoms with Crippen molar-refractivity contribution >= 4 is 34.9 Å². The quantitative estimate of drug-likeness (QED) is 0.551. The van der Waals surface area contributed by atoms with E-state index >= 15 is 0 Å². The number of aryl methyl sites for hydroxylation is 2. The first kappa shape index (κ1) is 21.7. The summed E-state index contributed by atoms with van der Waals surface area (Å²) in [4.78, 5) is 21.4. The van der Waals surface area contributed by atoms with Crippen LogP contribution in [-0.4, -0.2) is 47.0 Å². The monoisotopic (exact) mass is 458 g/mol. The molecule has 1 aromatic heterocycles. The second kappa shape index (κ2) is 9.30. The average molecular weight is 459 g/mol. The number of urea groups is 1. The van der Waals surface area contributed by atoms with Crippen LogP contribution in [0.5, 0.6) is 0 Å². The summed E-state index contributed by atoms with van der Waals surface area (Å²) < 4.78 is 5.86. The zero-order valence-electron chi connectivity index (χ0n) is 17.5. The molecule has 0 bridgehead atoms. The first-order chi connectivity index (χ1) is 14.9. The molecule has 3 aromatic rings. The minimum Gasteiger partial charge on any atom is -0.441 e. The molecule has 1 aliphatic rings. The average Bonchev–Trinajstić information content (AvgIpc) is 3.11. The van der Waals surface area contributed by atoms with E-state index in [1.807, 2.05) is 56.3 Å². The third-order valence-electron chi connectivity index (χ3n) is 5.36. The number of oxazole rings is 1. The lowest BCUT2D eigenvalue weighted by Gasteiger charge is -2.34. The Kier molecular flexibility index (Phi) is 6.51. The molecule has 6 nitrogen and oxygen atoms in total. The van der Waals surface area contributed by atoms with E-state index in [0.29, 0.717) is 41.3 Å². The van der Waals surface area contributed by atoms with Crippen LogP contribution in [0.4, 0.5) is 10.5 Å². The molecule has 4 rings (SSSR count). The highest BCUT2D eigenvalue weighted by atomic mass is 35.5. The highest BCUT2D eigenvalue weighted by Gasteiger charge is 2.23. The lowest BCUT2D eigenvalue weighted by atomic mass is 10.2. The van der Waals surface area contributed by atoms with Crippen LogP contribution in [0.1, 0.15) is 17.0 Å². The van der Waals surface area contributed by atoms with E-state index in [1.165, 1.54) is 0 Å². The largest absolute Gasteiger partial charge is 0.441 e. The molecule has 2 amide bonds. The zero-order chi connectivity index (χ0) is 22.0. The molecule has 1 fully saturated rings. The Balaban J connectivity index is 1.33. The molecule has 31 heavy (non-hydrogen) atoms. The molecule has 0 spiro atoms. The molecule has 162 valence electrons. The SMILES string of the molecule is Cc1ccc(NC(=O)N2CCN(Cc3nc(-c4cccc(Cl)c4)oc3C)CC2)c(Cl)c1. The van der Waals surface area contributed by atoms with Crippen LogP contribution in [0, 0.1) is 13.8 Å². The van der Waals surface area contributed by atoms with Gasteiger partial charge in [-0.3, -0.25) is 4.90 Å². The maximum atomic E-state index is 12.6. The number of carbonyl (C=O) groups is 1. The molecule has 2 heterocycles. The standard InChI is InChI=1S/C23H24Cl2N4O2/c1-15-6-7-20(19(25)12-15)27-23(30)29-10-8-28(9-11-29)14-21-16(2)31-22(26-21)17-4-3-5-18(24)13-17/h3-7,12-13H,8-11,14H2,1-2H3,(H,27,30). The number of halogens is 2. The van der Waals surface area contributed by atoms with Gasteiger partial charge in [-0.15, -0.1) is 0 Å². The van der Waals surface area contributed by atoms with Gasteiger partial charge >= 0.3 is 6.03 Å². The van der Waals surface area contributed by atoms with Crippen LogP contribution in [0.15, 0.2) is 46.9 Å². The Morgan fingerprint density at radius 3 is 2.58 bits per heavy atom. The van der Waals surface area contributed by atoms with E-state index in [2.05, 4.69) is 15.2 Å². The maximum absolute atomic E-state index is 12.6. The smallest absolute Gasteiger partial charge is 0.321 e. The number of benzene rings is 2. The number of hydrogen-bond donors (Lipinski definition) is 1. The molecule has 1 N–H and O–H groups in total. The molecule has 0 radical (unpaired) electrons. The minimum absolute atomic E-state index is 0.133. The molecule has 1 saturated heterocycles. The van der Waals surface area contributed by atoms with E-state index in [4.69, 9.17) is 27.6 Å². The minimum atomic E-state index is -0.133. The van der Waals surface area contributed by atoms with Gasteiger partial charge in [-0.2, -0.15) is 0 Å². The van der Waals surface area contributed by atoms with Gasteiger partial charge in [0.2, 0.25) is 5.89 Å². The van der Waals surface area contributed by atoms with Crippen molar-refractivity contribution in [2.75, 3.05) is 31.5 Å². The van der Waals surface area contributed by atoms with Crippen molar-refractivity contribution in [3.8, 4) is 11.5 Å². The molecule has 0 aliphatic carbocycles. The fourth-order valence-electron chi connectivity index (χ4n) is 3.56. The summed E-state index contributed by atoms with van der Waals surface area (Å²) in [7, 11) is 0. The Labute approximate surface area is 191 Å². The number of aromatic nitrogens is 1. The number of amides is 2. The van der Waals surface area contributed by atoms with Gasteiger partial charge in [0.05, 0.1) is 16.4 Å². The number of nitrogens with one attached hydrogen (secondary N) is 1. The fraction of sp³-hybridized carbons (Fsp3) is 0.304. The van der Waals surface area contributed by atoms with Crippen LogP contribution in [0.25, 0.3) is 11.5 Å². The van der Waals surface area contributed by atoms with Crippen LogP contribution < -0.4 is 5.32 Å². The van der Waals surface area contributed by atoms with Crippen LogP contribution in [0.3, 0.4) is 0 Å². The van der Waals surface area contributed by atoms with E-state index in [0.717, 1.165) is 35.7 Å². The summed E-state index contributed by atoms with van der Waals surface area (Å²) in [6.07, 6.45) is 0. The Bertz CT molecular complexity index is 1090. The molecule has 2 aromatic carbocycles. The number of nitrogens with zero attached hydrogens (tertiary/aromatic N) is 3. The number of rotatable bonds is 4. The molecular weight excluding hydrogens is 435 g/mol. The highest BCUT2D eigenvalue weighted by molar-refractivity contribution is 6.33. The van der Waals surface area contributed by atoms with Gasteiger partial charge in [0.25, 0.3) is 0 Å². The second-order valence-electron chi connectivity index (χ2n) is 7.71. The van der Waals surface area contributed by atoms with Gasteiger partial charge < -0.3 is 14.6 Å². The second-order valence-corrected chi connectivity index (χ2v) is 8.55. The summed E-state index contributed by atoms with van der Waals surface area (Å²) in [5, 5.41) is 4.10. The van der Waals surface area contributed by atoms with Crippen molar-refractivity contribution in [1.29, 1.82) is 0 Å². The first-order valence-corrected chi connectivity index (χ1v) is 10.9. The topological polar surface area (TPSA) is 61.6 Å². The summed E-state index contributed by atoms with van der Waals surface area (Å²) in [5.41, 5.74) is 3.45. The number of carbonyl (C=O) groups excluding carboxylic acids is 1. The lowest BCUT2D eigenvalue weighted by molar-refractivity contribution is 0.141. The van der Waals surface area contributed by atoms with Gasteiger partial charge in [-0.25, -0.2) is 9.78 Å². The van der Waals surface area contributed by atoms with E-state index in [9.17, 15) is 4.79 Å². The van der Waals surface area contributed by atoms with Gasteiger partial charge in [0, 0.05) is 43.3 Å². The maximum Gasteiger partial charge on any atom is 0.321 e. The molecule has 8 heteroatoms. The molecular formula is C23H24Cl2N4O2. The Morgan fingerprint density at radius 2 is 1.87 bits per heavy atom. The van der Waals surface area contributed by atoms with Crippen molar-refractivity contribution in [3.05, 3.63) is 69.5 Å². The predicted octanol–water partition coefficient (Wildman–Crippen LogP) is 5.61. The van der Waals surface area contributed by atoms with Crippen LogP contribution in [0.2, 0.25) is 10.0 Å². The van der Waals surface area contributed by atoms with Gasteiger partial charge in [0.1, 0.15) is 5.76 Å². The predicted molar refractivity (Wildman–Crippen MR) is 124 cm³/mol. The van der Waals surface area contributed by atoms with E-state index in [1.54, 1.807) is 4.90 Å². The third kappa shape index (κ3) is 5.21. The fourth-order valence-corrected chi connectivity index (χ4v) is 4.03. The number of piperazine rings is 1. The normalized spacial score (nSPS) is 14.6. The lowest BCUT2D eigenvalue weighted by Crippen LogP contribution is -2.49. The van der Waals surface area contributed by atoms with Crippen molar-refractivity contribution < 1.29 is 9.21 Å². The zero-order valence-corrected chi connectivity index (χ0v) is 19.0. The third-order valence-corrected chi connectivity index (χ3v) is 5.91. The summed E-state index contributed by atoms with van der Waals surface area (Å²) >= 11 is 12.3. The molecule has 0 saturated carbocycles. The number of anilines is 1.